The molecular weight excluding hydrogens is 266 g/mol. The molecule has 1 heterocycles. The second-order valence-corrected chi connectivity index (χ2v) is 5.71. The van der Waals surface area contributed by atoms with Crippen molar-refractivity contribution >= 4 is 17.6 Å². The molecule has 0 bridgehead atoms. The summed E-state index contributed by atoms with van der Waals surface area (Å²) in [6.45, 7) is 7.13. The van der Waals surface area contributed by atoms with E-state index in [0.717, 1.165) is 41.0 Å². The standard InChI is InChI=1S/C16H21N3S/c1-4-10-17-15-12(2)16(19-13(3)18-15)20-11-14-8-6-5-7-9-14/h5-9H,4,10-11H2,1-3H3,(H,17,18,19). The van der Waals surface area contributed by atoms with Gasteiger partial charge in [-0.2, -0.15) is 0 Å². The molecule has 0 saturated heterocycles. The second-order valence-electron chi connectivity index (χ2n) is 4.75. The molecule has 1 N–H and O–H groups in total. The van der Waals surface area contributed by atoms with Gasteiger partial charge in [0, 0.05) is 17.9 Å². The highest BCUT2D eigenvalue weighted by molar-refractivity contribution is 7.98. The molecule has 20 heavy (non-hydrogen) atoms. The quantitative estimate of drug-likeness (QED) is 0.638. The molecule has 0 aliphatic heterocycles. The predicted molar refractivity (Wildman–Crippen MR) is 86.3 cm³/mol. The Labute approximate surface area is 125 Å². The monoisotopic (exact) mass is 287 g/mol. The fourth-order valence-corrected chi connectivity index (χ4v) is 2.89. The van der Waals surface area contributed by atoms with Crippen molar-refractivity contribution in [3.05, 3.63) is 47.3 Å². The van der Waals surface area contributed by atoms with E-state index in [4.69, 9.17) is 0 Å². The Kier molecular flexibility index (Phi) is 5.41. The molecule has 1 aromatic heterocycles. The van der Waals surface area contributed by atoms with Crippen LogP contribution in [0.3, 0.4) is 0 Å². The number of aryl methyl sites for hydroxylation is 1. The number of anilines is 1. The Hall–Kier alpha value is -1.55. The molecule has 0 spiro atoms. The normalized spacial score (nSPS) is 10.6. The zero-order valence-corrected chi connectivity index (χ0v) is 13.1. The Bertz CT molecular complexity index is 555. The van der Waals surface area contributed by atoms with Gasteiger partial charge in [0.1, 0.15) is 16.7 Å². The number of rotatable bonds is 6. The summed E-state index contributed by atoms with van der Waals surface area (Å²) < 4.78 is 0. The Balaban J connectivity index is 2.12. The van der Waals surface area contributed by atoms with Crippen molar-refractivity contribution in [3.8, 4) is 0 Å². The van der Waals surface area contributed by atoms with Crippen molar-refractivity contribution in [2.45, 2.75) is 38.0 Å². The lowest BCUT2D eigenvalue weighted by molar-refractivity contribution is 0.908. The number of benzene rings is 1. The van der Waals surface area contributed by atoms with Crippen LogP contribution in [0.25, 0.3) is 0 Å². The molecule has 3 nitrogen and oxygen atoms in total. The van der Waals surface area contributed by atoms with E-state index in [9.17, 15) is 0 Å². The number of hydrogen-bond donors (Lipinski definition) is 1. The van der Waals surface area contributed by atoms with E-state index in [2.05, 4.69) is 53.4 Å². The van der Waals surface area contributed by atoms with Crippen molar-refractivity contribution in [1.82, 2.24) is 9.97 Å². The molecule has 1 aromatic carbocycles. The fourth-order valence-electron chi connectivity index (χ4n) is 1.88. The Morgan fingerprint density at radius 1 is 1.10 bits per heavy atom. The van der Waals surface area contributed by atoms with Crippen LogP contribution in [0.4, 0.5) is 5.82 Å². The van der Waals surface area contributed by atoms with Crippen LogP contribution >= 0.6 is 11.8 Å². The molecule has 0 fully saturated rings. The SMILES string of the molecule is CCCNc1nc(C)nc(SCc2ccccc2)c1C. The lowest BCUT2D eigenvalue weighted by atomic mass is 10.2. The summed E-state index contributed by atoms with van der Waals surface area (Å²) in [5.74, 6) is 2.73. The van der Waals surface area contributed by atoms with E-state index in [0.29, 0.717) is 0 Å². The average Bonchev–Trinajstić information content (AvgIpc) is 2.47. The smallest absolute Gasteiger partial charge is 0.133 e. The molecule has 0 unspecified atom stereocenters. The third kappa shape index (κ3) is 3.97. The van der Waals surface area contributed by atoms with Crippen LogP contribution < -0.4 is 5.32 Å². The van der Waals surface area contributed by atoms with Crippen molar-refractivity contribution in [1.29, 1.82) is 0 Å². The number of nitrogens with zero attached hydrogens (tertiary/aromatic N) is 2. The van der Waals surface area contributed by atoms with Crippen molar-refractivity contribution < 1.29 is 0 Å². The number of aromatic nitrogens is 2. The van der Waals surface area contributed by atoms with Crippen molar-refractivity contribution in [3.63, 3.8) is 0 Å². The van der Waals surface area contributed by atoms with Gasteiger partial charge >= 0.3 is 0 Å². The molecule has 0 saturated carbocycles. The maximum Gasteiger partial charge on any atom is 0.133 e. The summed E-state index contributed by atoms with van der Waals surface area (Å²) >= 11 is 1.77. The van der Waals surface area contributed by atoms with E-state index in [1.165, 1.54) is 5.56 Å². The molecule has 0 atom stereocenters. The summed E-state index contributed by atoms with van der Waals surface area (Å²) in [6, 6.07) is 10.5. The van der Waals surface area contributed by atoms with Gasteiger partial charge in [-0.15, -0.1) is 11.8 Å². The van der Waals surface area contributed by atoms with Gasteiger partial charge in [-0.05, 0) is 25.8 Å². The lowest BCUT2D eigenvalue weighted by Crippen LogP contribution is -2.07. The minimum absolute atomic E-state index is 0.824. The topological polar surface area (TPSA) is 37.8 Å². The van der Waals surface area contributed by atoms with E-state index in [-0.39, 0.29) is 0 Å². The van der Waals surface area contributed by atoms with Gasteiger partial charge in [0.2, 0.25) is 0 Å². The van der Waals surface area contributed by atoms with Gasteiger partial charge in [0.05, 0.1) is 0 Å². The van der Waals surface area contributed by atoms with Gasteiger partial charge < -0.3 is 5.32 Å². The first-order valence-corrected chi connectivity index (χ1v) is 7.95. The molecule has 2 rings (SSSR count). The van der Waals surface area contributed by atoms with Gasteiger partial charge in [0.15, 0.2) is 0 Å². The number of thioether (sulfide) groups is 1. The number of nitrogens with one attached hydrogen (secondary N) is 1. The Morgan fingerprint density at radius 3 is 2.55 bits per heavy atom. The highest BCUT2D eigenvalue weighted by atomic mass is 32.2. The second kappa shape index (κ2) is 7.29. The largest absolute Gasteiger partial charge is 0.370 e. The van der Waals surface area contributed by atoms with Gasteiger partial charge in [0.25, 0.3) is 0 Å². The van der Waals surface area contributed by atoms with Gasteiger partial charge in [-0.3, -0.25) is 0 Å². The first-order valence-electron chi connectivity index (χ1n) is 6.96. The average molecular weight is 287 g/mol. The summed E-state index contributed by atoms with van der Waals surface area (Å²) in [5, 5.41) is 4.45. The van der Waals surface area contributed by atoms with Crippen LogP contribution in [0.15, 0.2) is 35.4 Å². The molecule has 0 aliphatic carbocycles. The van der Waals surface area contributed by atoms with Gasteiger partial charge in [-0.25, -0.2) is 9.97 Å². The van der Waals surface area contributed by atoms with E-state index < -0.39 is 0 Å². The summed E-state index contributed by atoms with van der Waals surface area (Å²) in [6.07, 6.45) is 1.09. The molecule has 106 valence electrons. The van der Waals surface area contributed by atoms with Crippen LogP contribution in [0.1, 0.15) is 30.3 Å². The summed E-state index contributed by atoms with van der Waals surface area (Å²) in [4.78, 5) is 9.06. The zero-order valence-electron chi connectivity index (χ0n) is 12.3. The third-order valence-corrected chi connectivity index (χ3v) is 4.12. The van der Waals surface area contributed by atoms with Gasteiger partial charge in [-0.1, -0.05) is 37.3 Å². The fraction of sp³-hybridized carbons (Fsp3) is 0.375. The van der Waals surface area contributed by atoms with Crippen LogP contribution in [0.2, 0.25) is 0 Å². The highest BCUT2D eigenvalue weighted by Crippen LogP contribution is 2.27. The van der Waals surface area contributed by atoms with Crippen LogP contribution in [0.5, 0.6) is 0 Å². The van der Waals surface area contributed by atoms with Crippen LogP contribution in [-0.4, -0.2) is 16.5 Å². The van der Waals surface area contributed by atoms with E-state index in [1.54, 1.807) is 11.8 Å². The molecule has 0 radical (unpaired) electrons. The first kappa shape index (κ1) is 14.9. The minimum atomic E-state index is 0.824. The van der Waals surface area contributed by atoms with Crippen LogP contribution in [-0.2, 0) is 5.75 Å². The maximum absolute atomic E-state index is 4.57. The number of hydrogen-bond acceptors (Lipinski definition) is 4. The van der Waals surface area contributed by atoms with Crippen LogP contribution in [0, 0.1) is 13.8 Å². The zero-order chi connectivity index (χ0) is 14.4. The van der Waals surface area contributed by atoms with Crippen molar-refractivity contribution in [2.24, 2.45) is 0 Å². The third-order valence-electron chi connectivity index (χ3n) is 2.97. The molecular formula is C16H21N3S. The molecule has 0 aliphatic rings. The molecule has 0 amide bonds. The summed E-state index contributed by atoms with van der Waals surface area (Å²) in [7, 11) is 0. The van der Waals surface area contributed by atoms with E-state index in [1.807, 2.05) is 13.0 Å². The van der Waals surface area contributed by atoms with Crippen molar-refractivity contribution in [2.75, 3.05) is 11.9 Å². The molecule has 2 aromatic rings. The highest BCUT2D eigenvalue weighted by Gasteiger charge is 2.09. The molecule has 4 heteroatoms. The minimum Gasteiger partial charge on any atom is -0.370 e. The van der Waals surface area contributed by atoms with E-state index >= 15 is 0 Å². The maximum atomic E-state index is 4.57. The predicted octanol–water partition coefficient (Wildman–Crippen LogP) is 4.21. The Morgan fingerprint density at radius 2 is 1.85 bits per heavy atom. The lowest BCUT2D eigenvalue weighted by Gasteiger charge is -2.12. The first-order chi connectivity index (χ1) is 9.70. The summed E-state index contributed by atoms with van der Waals surface area (Å²) in [5.41, 5.74) is 2.46.